The van der Waals surface area contributed by atoms with Gasteiger partial charge in [0.1, 0.15) is 11.7 Å². The average Bonchev–Trinajstić information content (AvgIpc) is 2.43. The molecule has 0 aliphatic heterocycles. The Morgan fingerprint density at radius 1 is 1.15 bits per heavy atom. The molecule has 0 saturated heterocycles. The Hall–Kier alpha value is -1.60. The molecule has 0 saturated carbocycles. The Labute approximate surface area is 157 Å². The highest BCUT2D eigenvalue weighted by atomic mass is 32.2. The topological polar surface area (TPSA) is 81.7 Å². The van der Waals surface area contributed by atoms with Crippen molar-refractivity contribution in [1.29, 1.82) is 0 Å². The molecule has 1 aromatic rings. The fourth-order valence-corrected chi connectivity index (χ4v) is 3.24. The van der Waals surface area contributed by atoms with Gasteiger partial charge in [0.15, 0.2) is 0 Å². The fraction of sp³-hybridized carbons (Fsp3) is 0.632. The zero-order valence-electron chi connectivity index (χ0n) is 16.5. The maximum atomic E-state index is 12.2. The van der Waals surface area contributed by atoms with Gasteiger partial charge in [-0.2, -0.15) is 8.42 Å². The van der Waals surface area contributed by atoms with E-state index in [0.717, 1.165) is 11.8 Å². The summed E-state index contributed by atoms with van der Waals surface area (Å²) in [5.74, 6) is 0.233. The first-order chi connectivity index (χ1) is 11.9. The van der Waals surface area contributed by atoms with Crippen LogP contribution in [0.4, 0.5) is 4.79 Å². The lowest BCUT2D eigenvalue weighted by Crippen LogP contribution is -2.48. The molecule has 0 aliphatic rings. The number of nitrogens with one attached hydrogen (secondary N) is 1. The minimum absolute atomic E-state index is 0.233. The van der Waals surface area contributed by atoms with E-state index in [2.05, 4.69) is 5.32 Å². The van der Waals surface area contributed by atoms with Crippen LogP contribution in [-0.4, -0.2) is 38.5 Å². The van der Waals surface area contributed by atoms with Gasteiger partial charge in [-0.05, 0) is 38.7 Å². The van der Waals surface area contributed by atoms with Crippen molar-refractivity contribution in [2.45, 2.75) is 65.2 Å². The molecule has 26 heavy (non-hydrogen) atoms. The second-order valence-corrected chi connectivity index (χ2v) is 9.51. The minimum atomic E-state index is -3.69. The van der Waals surface area contributed by atoms with Crippen LogP contribution in [0.5, 0.6) is 0 Å². The first-order valence-corrected chi connectivity index (χ1v) is 10.6. The van der Waals surface area contributed by atoms with Crippen LogP contribution in [0.2, 0.25) is 0 Å². The molecule has 1 N–H and O–H groups in total. The third kappa shape index (κ3) is 9.77. The van der Waals surface area contributed by atoms with Gasteiger partial charge in [0.2, 0.25) is 0 Å². The zero-order chi connectivity index (χ0) is 20.0. The Bertz CT molecular complexity index is 665. The molecule has 2 atom stereocenters. The second kappa shape index (κ2) is 9.37. The molecule has 0 aromatic heterocycles. The molecule has 1 amide bonds. The van der Waals surface area contributed by atoms with Crippen LogP contribution in [0, 0.1) is 5.92 Å². The van der Waals surface area contributed by atoms with E-state index in [1.807, 2.05) is 44.2 Å². The van der Waals surface area contributed by atoms with Crippen molar-refractivity contribution < 1.29 is 22.1 Å². The van der Waals surface area contributed by atoms with Crippen LogP contribution < -0.4 is 5.32 Å². The first kappa shape index (κ1) is 22.4. The molecule has 0 bridgehead atoms. The van der Waals surface area contributed by atoms with Gasteiger partial charge in [-0.3, -0.25) is 4.18 Å². The summed E-state index contributed by atoms with van der Waals surface area (Å²) in [4.78, 5) is 12.2. The van der Waals surface area contributed by atoms with Crippen molar-refractivity contribution >= 4 is 16.2 Å². The molecule has 0 radical (unpaired) electrons. The molecule has 6 nitrogen and oxygen atoms in total. The van der Waals surface area contributed by atoms with Gasteiger partial charge in [0.25, 0.3) is 10.1 Å². The maximum absolute atomic E-state index is 12.2. The number of amides is 1. The second-order valence-electron chi connectivity index (χ2n) is 7.91. The fourth-order valence-electron chi connectivity index (χ4n) is 2.58. The molecular formula is C19H31NO5S. The van der Waals surface area contributed by atoms with E-state index in [1.165, 1.54) is 0 Å². The third-order valence-electron chi connectivity index (χ3n) is 3.45. The van der Waals surface area contributed by atoms with Gasteiger partial charge < -0.3 is 10.1 Å². The summed E-state index contributed by atoms with van der Waals surface area (Å²) in [6.45, 7) is 9.34. The maximum Gasteiger partial charge on any atom is 0.407 e. The smallest absolute Gasteiger partial charge is 0.407 e. The van der Waals surface area contributed by atoms with Crippen molar-refractivity contribution in [2.75, 3.05) is 6.26 Å². The number of rotatable bonds is 8. The lowest BCUT2D eigenvalue weighted by Gasteiger charge is -2.30. The van der Waals surface area contributed by atoms with Crippen LogP contribution in [0.3, 0.4) is 0 Å². The van der Waals surface area contributed by atoms with Crippen molar-refractivity contribution in [2.24, 2.45) is 5.92 Å². The van der Waals surface area contributed by atoms with E-state index in [-0.39, 0.29) is 5.92 Å². The first-order valence-electron chi connectivity index (χ1n) is 8.77. The van der Waals surface area contributed by atoms with Gasteiger partial charge in [-0.25, -0.2) is 4.79 Å². The summed E-state index contributed by atoms with van der Waals surface area (Å²) in [5, 5.41) is 2.80. The quantitative estimate of drug-likeness (QED) is 0.693. The van der Waals surface area contributed by atoms with E-state index in [9.17, 15) is 13.2 Å². The summed E-state index contributed by atoms with van der Waals surface area (Å²) >= 11 is 0. The Balaban J connectivity index is 3.04. The van der Waals surface area contributed by atoms with Crippen LogP contribution in [0.15, 0.2) is 30.3 Å². The largest absolute Gasteiger partial charge is 0.444 e. The van der Waals surface area contributed by atoms with Crippen molar-refractivity contribution in [3.05, 3.63) is 35.9 Å². The number of carbonyl (C=O) groups excluding carboxylic acids is 1. The monoisotopic (exact) mass is 385 g/mol. The summed E-state index contributed by atoms with van der Waals surface area (Å²) < 4.78 is 34.2. The number of hydrogen-bond acceptors (Lipinski definition) is 5. The molecule has 0 aliphatic carbocycles. The number of ether oxygens (including phenoxy) is 1. The number of carbonyl (C=O) groups is 1. The normalized spacial score (nSPS) is 14.7. The van der Waals surface area contributed by atoms with Crippen LogP contribution in [0.1, 0.15) is 46.6 Å². The number of benzene rings is 1. The number of hydrogen-bond donors (Lipinski definition) is 1. The standard InChI is InChI=1S/C19H31NO5S/c1-14(2)12-16(20-18(21)24-19(3,4)5)17(25-26(6,22)23)13-15-10-8-7-9-11-15/h7-11,14,16-17H,12-13H2,1-6H3,(H,20,21)/t16-,17-/m0/s1. The summed E-state index contributed by atoms with van der Waals surface area (Å²) in [5.41, 5.74) is 0.292. The van der Waals surface area contributed by atoms with Crippen molar-refractivity contribution in [3.63, 3.8) is 0 Å². The Morgan fingerprint density at radius 2 is 1.73 bits per heavy atom. The van der Waals surface area contributed by atoms with E-state index >= 15 is 0 Å². The van der Waals surface area contributed by atoms with E-state index in [0.29, 0.717) is 12.8 Å². The number of alkyl carbamates (subject to hydrolysis) is 1. The lowest BCUT2D eigenvalue weighted by molar-refractivity contribution is 0.0433. The molecular weight excluding hydrogens is 354 g/mol. The zero-order valence-corrected chi connectivity index (χ0v) is 17.3. The Kier molecular flexibility index (Phi) is 8.09. The summed E-state index contributed by atoms with van der Waals surface area (Å²) in [6, 6.07) is 8.95. The van der Waals surface area contributed by atoms with E-state index in [4.69, 9.17) is 8.92 Å². The molecule has 0 fully saturated rings. The van der Waals surface area contributed by atoms with Gasteiger partial charge in [0.05, 0.1) is 12.3 Å². The molecule has 1 rings (SSSR count). The molecule has 1 aromatic carbocycles. The van der Waals surface area contributed by atoms with Crippen LogP contribution >= 0.6 is 0 Å². The van der Waals surface area contributed by atoms with Gasteiger partial charge >= 0.3 is 6.09 Å². The summed E-state index contributed by atoms with van der Waals surface area (Å²) in [7, 11) is -3.69. The predicted octanol–water partition coefficient (Wildman–Crippen LogP) is 3.51. The minimum Gasteiger partial charge on any atom is -0.444 e. The van der Waals surface area contributed by atoms with Crippen molar-refractivity contribution in [3.8, 4) is 0 Å². The SMILES string of the molecule is CC(C)C[C@H](NC(=O)OC(C)(C)C)[C@H](Cc1ccccc1)OS(C)(=O)=O. The summed E-state index contributed by atoms with van der Waals surface area (Å²) in [6.07, 6.45) is 0.638. The van der Waals surface area contributed by atoms with Gasteiger partial charge in [0, 0.05) is 6.42 Å². The van der Waals surface area contributed by atoms with Gasteiger partial charge in [-0.15, -0.1) is 0 Å². The molecule has 0 unspecified atom stereocenters. The molecule has 148 valence electrons. The third-order valence-corrected chi connectivity index (χ3v) is 4.05. The van der Waals surface area contributed by atoms with Crippen LogP contribution in [0.25, 0.3) is 0 Å². The molecule has 0 spiro atoms. The lowest BCUT2D eigenvalue weighted by atomic mass is 9.95. The molecule has 0 heterocycles. The highest BCUT2D eigenvalue weighted by molar-refractivity contribution is 7.86. The average molecular weight is 386 g/mol. The van der Waals surface area contributed by atoms with Crippen molar-refractivity contribution in [1.82, 2.24) is 5.32 Å². The van der Waals surface area contributed by atoms with E-state index < -0.39 is 34.0 Å². The Morgan fingerprint density at radius 3 is 2.19 bits per heavy atom. The predicted molar refractivity (Wildman–Crippen MR) is 102 cm³/mol. The van der Waals surface area contributed by atoms with Crippen LogP contribution in [-0.2, 0) is 25.5 Å². The molecule has 7 heteroatoms. The van der Waals surface area contributed by atoms with Gasteiger partial charge in [-0.1, -0.05) is 44.2 Å². The highest BCUT2D eigenvalue weighted by Crippen LogP contribution is 2.18. The van der Waals surface area contributed by atoms with E-state index in [1.54, 1.807) is 20.8 Å². The highest BCUT2D eigenvalue weighted by Gasteiger charge is 2.30.